The Balaban J connectivity index is 0.00000319. The summed E-state index contributed by atoms with van der Waals surface area (Å²) in [4.78, 5) is 107. The van der Waals surface area contributed by atoms with Crippen LogP contribution in [0.1, 0.15) is 51.1 Å². The number of aryl methyl sites for hydroxylation is 1. The van der Waals surface area contributed by atoms with Crippen molar-refractivity contribution in [2.45, 2.75) is 100.0 Å². The minimum Gasteiger partial charge on any atom is -0.856 e. The number of H-pyrrole nitrogens is 1. The van der Waals surface area contributed by atoms with Crippen molar-refractivity contribution in [3.8, 4) is 5.88 Å². The van der Waals surface area contributed by atoms with Gasteiger partial charge < -0.3 is 104 Å². The Bertz CT molecular complexity index is 4240. The van der Waals surface area contributed by atoms with Crippen LogP contribution in [0.2, 0.25) is 0 Å². The van der Waals surface area contributed by atoms with Crippen LogP contribution in [-0.2, 0) is 80.4 Å². The van der Waals surface area contributed by atoms with Crippen molar-refractivity contribution in [3.63, 3.8) is 0 Å². The molecular formula is C44H52N16Na4O27P4. The van der Waals surface area contributed by atoms with E-state index in [1.165, 1.54) is 36.1 Å². The van der Waals surface area contributed by atoms with Gasteiger partial charge in [0, 0.05) is 11.9 Å². The number of nitrogens with two attached hydrogens (primary N) is 3. The minimum absolute atomic E-state index is 0. The number of hydrogen-bond acceptors (Lipinski definition) is 37. The van der Waals surface area contributed by atoms with Crippen molar-refractivity contribution in [1.29, 1.82) is 0 Å². The molecule has 6 aromatic heterocycles. The molecule has 0 spiro atoms. The third-order valence-corrected chi connectivity index (χ3v) is 19.7. The van der Waals surface area contributed by atoms with E-state index in [0.717, 1.165) is 32.7 Å². The van der Waals surface area contributed by atoms with Crippen LogP contribution >= 0.6 is 31.3 Å². The fourth-order valence-electron chi connectivity index (χ4n) is 10.7. The summed E-state index contributed by atoms with van der Waals surface area (Å²) in [5.41, 5.74) is 12.5. The van der Waals surface area contributed by atoms with E-state index >= 15 is 0 Å². The molecule has 4 aliphatic rings. The summed E-state index contributed by atoms with van der Waals surface area (Å²) in [6, 6.07) is 5.72. The number of imidazole rings is 3. The summed E-state index contributed by atoms with van der Waals surface area (Å²) in [5.74, 6) is -1.80. The number of nitro benzene ring substituents is 1. The zero-order chi connectivity index (χ0) is 65.7. The first-order valence-electron chi connectivity index (χ1n) is 26.4. The van der Waals surface area contributed by atoms with Gasteiger partial charge >= 0.3 is 124 Å². The van der Waals surface area contributed by atoms with E-state index in [-0.39, 0.29) is 175 Å². The van der Waals surface area contributed by atoms with Crippen LogP contribution in [-0.4, -0.2) is 161 Å². The van der Waals surface area contributed by atoms with Gasteiger partial charge in [-0.05, 0) is 11.5 Å². The first-order valence-corrected chi connectivity index (χ1v) is 32.3. The van der Waals surface area contributed by atoms with Gasteiger partial charge in [0.25, 0.3) is 48.5 Å². The Morgan fingerprint density at radius 2 is 1.45 bits per heavy atom. The molecule has 8 unspecified atom stereocenters. The fraction of sp³-hybridized carbons (Fsp3) is 0.523. The van der Waals surface area contributed by atoms with E-state index in [4.69, 9.17) is 63.7 Å². The average molecular weight is 1450 g/mol. The number of hydrogen-bond donors (Lipinski definition) is 7. The first kappa shape index (κ1) is 79.8. The molecule has 2 bridgehead atoms. The van der Waals surface area contributed by atoms with Gasteiger partial charge in [0.15, 0.2) is 46.9 Å². The summed E-state index contributed by atoms with van der Waals surface area (Å²) >= 11 is 0. The normalized spacial score (nSPS) is 27.8. The molecule has 1 aromatic carbocycles. The van der Waals surface area contributed by atoms with Crippen molar-refractivity contribution in [3.05, 3.63) is 75.6 Å². The number of nitrogen functional groups attached to an aromatic ring is 3. The molecule has 95 heavy (non-hydrogen) atoms. The van der Waals surface area contributed by atoms with Gasteiger partial charge in [0.05, 0.1) is 62.7 Å². The predicted molar refractivity (Wildman–Crippen MR) is 285 cm³/mol. The van der Waals surface area contributed by atoms with Gasteiger partial charge in [-0.2, -0.15) is 4.98 Å². The number of rotatable bonds is 24. The number of para-hydroxylation sites is 1. The summed E-state index contributed by atoms with van der Waals surface area (Å²) in [7, 11) is -23.8. The van der Waals surface area contributed by atoms with Gasteiger partial charge in [-0.1, -0.05) is 37.9 Å². The largest absolute Gasteiger partial charge is 1.00 e. The number of aromatic amines is 1. The number of phosphoric acid groups is 4. The minimum atomic E-state index is -6.71. The summed E-state index contributed by atoms with van der Waals surface area (Å²) in [5, 5.41) is 58.4. The molecule has 494 valence electrons. The van der Waals surface area contributed by atoms with Crippen LogP contribution in [0.3, 0.4) is 0 Å². The quantitative estimate of drug-likeness (QED) is 0.00738. The number of anilines is 3. The molecule has 10 heterocycles. The molecule has 17 atom stereocenters. The third-order valence-electron chi connectivity index (χ3n) is 14.6. The maximum Gasteiger partial charge on any atom is 1.00 e. The summed E-state index contributed by atoms with van der Waals surface area (Å²) in [6.45, 7) is -0.225. The molecule has 11 rings (SSSR count). The van der Waals surface area contributed by atoms with Crippen molar-refractivity contribution in [1.82, 2.24) is 53.6 Å². The molecule has 0 amide bonds. The molecule has 43 nitrogen and oxygen atoms in total. The Morgan fingerprint density at radius 3 is 2.13 bits per heavy atom. The topological polar surface area (TPSA) is 618 Å². The molecule has 4 aliphatic heterocycles. The molecule has 51 heteroatoms. The zero-order valence-electron chi connectivity index (χ0n) is 51.1. The van der Waals surface area contributed by atoms with Gasteiger partial charge in [-0.3, -0.25) is 51.9 Å². The number of benzene rings is 1. The monoisotopic (exact) mass is 1450 g/mol. The summed E-state index contributed by atoms with van der Waals surface area (Å²) in [6.07, 6.45) is -15.7. The van der Waals surface area contributed by atoms with Crippen LogP contribution in [0.4, 0.5) is 23.4 Å². The summed E-state index contributed by atoms with van der Waals surface area (Å²) < 4.78 is 122. The number of aliphatic hydroxyl groups excluding tert-OH is 3. The maximum atomic E-state index is 13.7. The van der Waals surface area contributed by atoms with Gasteiger partial charge in [0.1, 0.15) is 73.1 Å². The number of ether oxygens (including phenoxy) is 6. The van der Waals surface area contributed by atoms with E-state index in [2.05, 4.69) is 48.5 Å². The zero-order valence-corrected chi connectivity index (χ0v) is 62.7. The van der Waals surface area contributed by atoms with Crippen LogP contribution in [0.15, 0.2) is 54.4 Å². The van der Waals surface area contributed by atoms with E-state index in [1.54, 1.807) is 26.8 Å². The molecule has 0 aliphatic carbocycles. The number of nitrogens with one attached hydrogen (secondary N) is 1. The molecular weight excluding hydrogens is 1400 g/mol. The van der Waals surface area contributed by atoms with E-state index in [9.17, 15) is 73.2 Å². The Labute approximate surface area is 621 Å². The van der Waals surface area contributed by atoms with Crippen molar-refractivity contribution >= 4 is 88.2 Å². The molecule has 4 fully saturated rings. The van der Waals surface area contributed by atoms with E-state index < -0.39 is 171 Å². The standard InChI is InChI=1S/C44H56N16O27P4.4Na/c1-43(2,3)30(18-7-5-6-8-19(18)60(66)67)78-17-77-28-26(62)21(83-39(28)59-16-56(4)24-35(59)53-42(47)55-37(24)65)10-80-89(70,71)86-91(74,75)87-90(72,73)81-12-44-11-76-29(40(84-44)57-14-50-22-32(45)48-13-49-33(22)57)31(44)85-88(68,69)79-9-20-25(61)27(63)38(82-20)58-15-51-23-34(58)52-41(46)54-36(23)64;;;;/h5-8,13-16,20-21,25-31,38-40,61-63H,9-12,17H2,1-4H3,(H11-,45,46,47,48,49,52,53,54,55,64,65,68,69,70,71,72,73,74,75);;;;/q;4*+1/p-4/t20-,21-,25?,26+,27+,28?,29+,30?,31?,38-,39-,40-,44-;;;;/m1..../s1. The fourth-order valence-corrected chi connectivity index (χ4v) is 15.1. The number of aromatic nitrogens is 12. The van der Waals surface area contributed by atoms with Crippen LogP contribution in [0.5, 0.6) is 5.88 Å². The van der Waals surface area contributed by atoms with Crippen molar-refractivity contribution in [2.75, 3.05) is 50.4 Å². The Hall–Kier alpha value is -2.57. The van der Waals surface area contributed by atoms with Gasteiger partial charge in [-0.15, -0.1) is 0 Å². The predicted octanol–water partition coefficient (Wildman–Crippen LogP) is -16.0. The Kier molecular flexibility index (Phi) is 25.6. The van der Waals surface area contributed by atoms with E-state index in [0.29, 0.717) is 0 Å². The number of nitro groups is 1. The number of nitrogens with zero attached hydrogens (tertiary/aromatic N) is 12. The number of phosphoric ester groups is 3. The second-order valence-corrected chi connectivity index (χ2v) is 27.7. The number of fused-ring (bicyclic) bond motifs is 5. The SMILES string of the molecule is Cn1c[n+]([C@@H]2O[C@H](COP(=O)([O-])OP(=O)([O-])OP(=O)([O-])OC[C@]34CO[C@@H](C3OP(=O)([O-])OC[C@H]3O[C@@H](n5cnc6c(=O)[nH]c(N)nc65)[C@@H](O)C3O)[C@H](n3cnc5c(N)ncnc53)O4)[C@H](O)C2OCOC(c2ccccc2[N+](=O)[O-])C(C)(C)C)c2nc(N)nc([O-])c21.[Na+].[Na+].[Na+].[Na+]. The molecule has 7 aromatic rings. The molecule has 0 saturated carbocycles. The Morgan fingerprint density at radius 1 is 0.821 bits per heavy atom. The van der Waals surface area contributed by atoms with Crippen molar-refractivity contribution < 1.29 is 241 Å². The molecule has 10 N–H and O–H groups in total. The first-order chi connectivity index (χ1) is 42.7. The second kappa shape index (κ2) is 30.6. The second-order valence-electron chi connectivity index (χ2n) is 21.8. The molecule has 0 radical (unpaired) electrons. The van der Waals surface area contributed by atoms with Crippen molar-refractivity contribution in [2.24, 2.45) is 12.5 Å². The third kappa shape index (κ3) is 16.7. The average Bonchev–Trinajstić information content (AvgIpc) is 1.57. The molecule has 4 saturated heterocycles. The maximum absolute atomic E-state index is 13.7. The van der Waals surface area contributed by atoms with Crippen LogP contribution < -0.4 is 170 Å². The van der Waals surface area contributed by atoms with Crippen LogP contribution in [0, 0.1) is 15.5 Å². The van der Waals surface area contributed by atoms with Crippen LogP contribution in [0.25, 0.3) is 33.5 Å². The van der Waals surface area contributed by atoms with Gasteiger partial charge in [0.2, 0.25) is 12.2 Å². The van der Waals surface area contributed by atoms with Gasteiger partial charge in [-0.25, -0.2) is 38.1 Å². The van der Waals surface area contributed by atoms with E-state index in [1.807, 2.05) is 0 Å². The smallest absolute Gasteiger partial charge is 0.856 e. The number of aliphatic hydroxyl groups is 3.